The van der Waals surface area contributed by atoms with Gasteiger partial charge in [0, 0.05) is 5.57 Å². The third kappa shape index (κ3) is 18.0. The third-order valence-electron chi connectivity index (χ3n) is 8.60. The number of rotatable bonds is 28. The second-order valence-corrected chi connectivity index (χ2v) is 12.7. The highest BCUT2D eigenvalue weighted by atomic mass is 16.6. The Morgan fingerprint density at radius 3 is 1.57 bits per heavy atom. The van der Waals surface area contributed by atoms with Crippen LogP contribution in [0.25, 0.3) is 0 Å². The predicted octanol–water partition coefficient (Wildman–Crippen LogP) is 7.59. The van der Waals surface area contributed by atoms with Gasteiger partial charge in [0.1, 0.15) is 18.3 Å². The molecule has 2 N–H and O–H groups in total. The van der Waals surface area contributed by atoms with Crippen molar-refractivity contribution in [2.24, 2.45) is 0 Å². The Morgan fingerprint density at radius 1 is 0.714 bits per heavy atom. The van der Waals surface area contributed by atoms with Gasteiger partial charge in [-0.1, -0.05) is 116 Å². The Morgan fingerprint density at radius 2 is 1.14 bits per heavy atom. The van der Waals surface area contributed by atoms with Gasteiger partial charge in [-0.2, -0.15) is 0 Å². The average Bonchev–Trinajstić information content (AvgIpc) is 3.56. The van der Waals surface area contributed by atoms with E-state index in [2.05, 4.69) is 6.92 Å². The predicted molar refractivity (Wildman–Crippen MR) is 169 cm³/mol. The SMILES string of the molecule is CCCCCCCCCC[C@H](O)CO[C@@H]1COC[C@H]1OC[C@@H](O)CCCCCCCCCCCCC1=C[C@H](C)OC1=O. The molecule has 5 atom stereocenters. The lowest BCUT2D eigenvalue weighted by atomic mass is 10.0. The summed E-state index contributed by atoms with van der Waals surface area (Å²) in [5.74, 6) is -0.124. The molecule has 0 aromatic carbocycles. The van der Waals surface area contributed by atoms with Crippen molar-refractivity contribution < 1.29 is 34.0 Å². The van der Waals surface area contributed by atoms with Crippen LogP contribution in [0.3, 0.4) is 0 Å². The van der Waals surface area contributed by atoms with Crippen LogP contribution in [0.4, 0.5) is 0 Å². The Hall–Kier alpha value is -0.990. The van der Waals surface area contributed by atoms with Crippen molar-refractivity contribution in [1.82, 2.24) is 0 Å². The van der Waals surface area contributed by atoms with Crippen molar-refractivity contribution in [2.75, 3.05) is 26.4 Å². The molecule has 0 spiro atoms. The van der Waals surface area contributed by atoms with Gasteiger partial charge in [0.25, 0.3) is 0 Å². The molecule has 0 bridgehead atoms. The maximum atomic E-state index is 11.6. The minimum Gasteiger partial charge on any atom is -0.455 e. The van der Waals surface area contributed by atoms with E-state index in [1.54, 1.807) is 0 Å². The first-order valence-corrected chi connectivity index (χ1v) is 17.6. The summed E-state index contributed by atoms with van der Waals surface area (Å²) in [4.78, 5) is 11.6. The van der Waals surface area contributed by atoms with Crippen molar-refractivity contribution in [3.63, 3.8) is 0 Å². The average molecular weight is 597 g/mol. The summed E-state index contributed by atoms with van der Waals surface area (Å²) < 4.78 is 22.6. The first-order chi connectivity index (χ1) is 20.5. The summed E-state index contributed by atoms with van der Waals surface area (Å²) in [6.45, 7) is 5.76. The molecule has 0 radical (unpaired) electrons. The van der Waals surface area contributed by atoms with E-state index in [4.69, 9.17) is 18.9 Å². The number of hydrogen-bond acceptors (Lipinski definition) is 7. The number of cyclic esters (lactones) is 1. The van der Waals surface area contributed by atoms with E-state index in [1.165, 1.54) is 89.9 Å². The molecule has 7 nitrogen and oxygen atoms in total. The van der Waals surface area contributed by atoms with Crippen LogP contribution in [0, 0.1) is 0 Å². The van der Waals surface area contributed by atoms with Gasteiger partial charge in [0.15, 0.2) is 0 Å². The van der Waals surface area contributed by atoms with Crippen molar-refractivity contribution in [3.05, 3.63) is 11.6 Å². The zero-order valence-electron chi connectivity index (χ0n) is 27.1. The topological polar surface area (TPSA) is 94.5 Å². The summed E-state index contributed by atoms with van der Waals surface area (Å²) in [7, 11) is 0. The van der Waals surface area contributed by atoms with Crippen LogP contribution >= 0.6 is 0 Å². The standard InChI is InChI=1S/C35H64O7/c1-3-4-5-6-7-13-16-19-22-31(36)25-40-33-27-39-28-34(33)41-26-32(37)23-20-17-14-11-9-8-10-12-15-18-21-30-24-29(2)42-35(30)38/h24,29,31-34,36-37H,3-23,25-28H2,1-2H3/t29-,31-,32-,33+,34+/m0/s1. The minimum absolute atomic E-state index is 0.0515. The van der Waals surface area contributed by atoms with Crippen molar-refractivity contribution in [3.8, 4) is 0 Å². The highest BCUT2D eigenvalue weighted by Crippen LogP contribution is 2.21. The van der Waals surface area contributed by atoms with E-state index >= 15 is 0 Å². The molecule has 2 heterocycles. The molecule has 2 aliphatic rings. The third-order valence-corrected chi connectivity index (χ3v) is 8.60. The van der Waals surface area contributed by atoms with Gasteiger partial charge in [-0.25, -0.2) is 4.79 Å². The molecule has 42 heavy (non-hydrogen) atoms. The first-order valence-electron chi connectivity index (χ1n) is 17.6. The van der Waals surface area contributed by atoms with Crippen molar-refractivity contribution in [1.29, 1.82) is 0 Å². The molecule has 0 unspecified atom stereocenters. The van der Waals surface area contributed by atoms with Crippen LogP contribution in [0.2, 0.25) is 0 Å². The normalized spacial score (nSPS) is 22.0. The van der Waals surface area contributed by atoms with E-state index in [0.717, 1.165) is 50.5 Å². The van der Waals surface area contributed by atoms with Crippen molar-refractivity contribution in [2.45, 2.75) is 179 Å². The lowest BCUT2D eigenvalue weighted by molar-refractivity contribution is -0.139. The van der Waals surface area contributed by atoms with Crippen LogP contribution in [-0.2, 0) is 23.7 Å². The van der Waals surface area contributed by atoms with Gasteiger partial charge in [-0.3, -0.25) is 0 Å². The molecule has 1 fully saturated rings. The molecule has 2 aliphatic heterocycles. The summed E-state index contributed by atoms with van der Waals surface area (Å²) in [5.41, 5.74) is 0.862. The molecular weight excluding hydrogens is 532 g/mol. The van der Waals surface area contributed by atoms with E-state index in [9.17, 15) is 15.0 Å². The highest BCUT2D eigenvalue weighted by Gasteiger charge is 2.31. The lowest BCUT2D eigenvalue weighted by Crippen LogP contribution is -2.34. The Kier molecular flexibility index (Phi) is 21.6. The number of aliphatic hydroxyl groups excluding tert-OH is 2. The van der Waals surface area contributed by atoms with Crippen LogP contribution in [0.5, 0.6) is 0 Å². The van der Waals surface area contributed by atoms with Gasteiger partial charge in [-0.05, 0) is 38.7 Å². The minimum atomic E-state index is -0.455. The van der Waals surface area contributed by atoms with Crippen LogP contribution in [-0.4, -0.2) is 73.1 Å². The number of ether oxygens (including phenoxy) is 4. The van der Waals surface area contributed by atoms with E-state index < -0.39 is 12.2 Å². The van der Waals surface area contributed by atoms with Gasteiger partial charge < -0.3 is 29.2 Å². The second-order valence-electron chi connectivity index (χ2n) is 12.7. The first kappa shape index (κ1) is 37.2. The fraction of sp³-hybridized carbons (Fsp3) is 0.914. The molecular formula is C35H64O7. The number of unbranched alkanes of at least 4 members (excludes halogenated alkanes) is 16. The number of esters is 1. The maximum absolute atomic E-state index is 11.6. The van der Waals surface area contributed by atoms with E-state index in [1.807, 2.05) is 13.0 Å². The lowest BCUT2D eigenvalue weighted by Gasteiger charge is -2.22. The second kappa shape index (κ2) is 24.3. The van der Waals surface area contributed by atoms with Gasteiger partial charge in [-0.15, -0.1) is 0 Å². The summed E-state index contributed by atoms with van der Waals surface area (Å²) in [6, 6.07) is 0. The smallest absolute Gasteiger partial charge is 0.334 e. The number of carbonyl (C=O) groups is 1. The van der Waals surface area contributed by atoms with E-state index in [0.29, 0.717) is 26.4 Å². The van der Waals surface area contributed by atoms with Gasteiger partial charge in [0.2, 0.25) is 0 Å². The zero-order chi connectivity index (χ0) is 30.3. The van der Waals surface area contributed by atoms with Gasteiger partial charge >= 0.3 is 5.97 Å². The fourth-order valence-corrected chi connectivity index (χ4v) is 5.90. The number of carbonyl (C=O) groups excluding carboxylic acids is 1. The summed E-state index contributed by atoms with van der Waals surface area (Å²) in [6.07, 6.45) is 25.1. The summed E-state index contributed by atoms with van der Waals surface area (Å²) >= 11 is 0. The maximum Gasteiger partial charge on any atom is 0.334 e. The van der Waals surface area contributed by atoms with Crippen molar-refractivity contribution >= 4 is 5.97 Å². The Labute approximate surface area is 257 Å². The molecule has 246 valence electrons. The quantitative estimate of drug-likeness (QED) is 0.0710. The molecule has 0 aromatic rings. The molecule has 0 amide bonds. The number of hydrogen-bond donors (Lipinski definition) is 2. The molecule has 1 saturated heterocycles. The van der Waals surface area contributed by atoms with Crippen LogP contribution < -0.4 is 0 Å². The molecule has 7 heteroatoms. The largest absolute Gasteiger partial charge is 0.455 e. The molecule has 0 aliphatic carbocycles. The molecule has 2 rings (SSSR count). The molecule has 0 saturated carbocycles. The van der Waals surface area contributed by atoms with Crippen LogP contribution in [0.15, 0.2) is 11.6 Å². The highest BCUT2D eigenvalue weighted by molar-refractivity contribution is 5.90. The van der Waals surface area contributed by atoms with Gasteiger partial charge in [0.05, 0.1) is 38.6 Å². The van der Waals surface area contributed by atoms with Crippen LogP contribution in [0.1, 0.15) is 149 Å². The summed E-state index contributed by atoms with van der Waals surface area (Å²) in [5, 5.41) is 20.7. The zero-order valence-corrected chi connectivity index (χ0v) is 27.1. The molecule has 0 aromatic heterocycles. The fourth-order valence-electron chi connectivity index (χ4n) is 5.90. The Bertz CT molecular complexity index is 697. The Balaban J connectivity index is 1.36. The van der Waals surface area contributed by atoms with E-state index in [-0.39, 0.29) is 24.3 Å². The monoisotopic (exact) mass is 596 g/mol. The number of aliphatic hydroxyl groups is 2.